The zero-order valence-corrected chi connectivity index (χ0v) is 18.3. The van der Waals surface area contributed by atoms with Gasteiger partial charge in [-0.3, -0.25) is 0 Å². The zero-order chi connectivity index (χ0) is 22.9. The molecule has 6 nitrogen and oxygen atoms in total. The van der Waals surface area contributed by atoms with Crippen molar-refractivity contribution in [3.63, 3.8) is 0 Å². The minimum atomic E-state index is -3.87. The molecule has 0 spiro atoms. The number of H-pyrrole nitrogens is 1. The highest BCUT2D eigenvalue weighted by atomic mass is 35.5. The molecule has 0 bridgehead atoms. The third-order valence-electron chi connectivity index (χ3n) is 5.41. The maximum atomic E-state index is 14.0. The van der Waals surface area contributed by atoms with E-state index in [4.69, 9.17) is 11.6 Å². The number of nitrogens with one attached hydrogen (secondary N) is 3. The summed E-state index contributed by atoms with van der Waals surface area (Å²) in [5, 5.41) is 2.84. The molecule has 0 aliphatic carbocycles. The first-order chi connectivity index (χ1) is 15.2. The summed E-state index contributed by atoms with van der Waals surface area (Å²) in [6.07, 6.45) is 2.03. The van der Waals surface area contributed by atoms with Crippen molar-refractivity contribution in [1.82, 2.24) is 20.0 Å². The van der Waals surface area contributed by atoms with Gasteiger partial charge in [0.15, 0.2) is 16.7 Å². The number of aromatic nitrogens is 2. The first kappa shape index (κ1) is 22.8. The van der Waals surface area contributed by atoms with E-state index < -0.39 is 33.4 Å². The van der Waals surface area contributed by atoms with Crippen molar-refractivity contribution >= 4 is 21.6 Å². The lowest BCUT2D eigenvalue weighted by atomic mass is 9.90. The molecule has 0 saturated carbocycles. The quantitative estimate of drug-likeness (QED) is 0.478. The van der Waals surface area contributed by atoms with Crippen LogP contribution in [-0.4, -0.2) is 38.0 Å². The van der Waals surface area contributed by atoms with Gasteiger partial charge < -0.3 is 10.3 Å². The lowest BCUT2D eigenvalue weighted by Crippen LogP contribution is -2.30. The second kappa shape index (κ2) is 9.22. The molecule has 2 aromatic carbocycles. The van der Waals surface area contributed by atoms with Gasteiger partial charge in [-0.25, -0.2) is 31.3 Å². The van der Waals surface area contributed by atoms with Crippen LogP contribution in [0.3, 0.4) is 0 Å². The largest absolute Gasteiger partial charge is 0.331 e. The van der Waals surface area contributed by atoms with Crippen molar-refractivity contribution in [2.45, 2.75) is 17.4 Å². The molecule has 3 aromatic rings. The maximum Gasteiger partial charge on any atom is 0.257 e. The monoisotopic (exact) mass is 484 g/mol. The Balaban J connectivity index is 1.69. The summed E-state index contributed by atoms with van der Waals surface area (Å²) in [5.74, 6) is -3.24. The number of imidazole rings is 1. The molecule has 2 heterocycles. The molecule has 2 unspecified atom stereocenters. The van der Waals surface area contributed by atoms with E-state index in [1.54, 1.807) is 0 Å². The van der Waals surface area contributed by atoms with Crippen LogP contribution >= 0.6 is 11.6 Å². The SMILES string of the molecule is O=S(=O)(NCC1CCNC1)c1cnc(C(c2ccc(F)c(F)c2)c2ccc(F)c(Cl)c2)[nH]1. The normalized spacial score (nSPS) is 17.6. The van der Waals surface area contributed by atoms with Crippen LogP contribution in [0.5, 0.6) is 0 Å². The summed E-state index contributed by atoms with van der Waals surface area (Å²) in [7, 11) is -3.87. The highest BCUT2D eigenvalue weighted by Gasteiger charge is 2.26. The predicted octanol–water partition coefficient (Wildman–Crippen LogP) is 3.55. The number of aromatic amines is 1. The maximum absolute atomic E-state index is 14.0. The molecule has 11 heteroatoms. The summed E-state index contributed by atoms with van der Waals surface area (Å²) in [6, 6.07) is 7.20. The van der Waals surface area contributed by atoms with E-state index in [0.29, 0.717) is 5.56 Å². The number of sulfonamides is 1. The Morgan fingerprint density at radius 1 is 1.09 bits per heavy atom. The Morgan fingerprint density at radius 2 is 1.81 bits per heavy atom. The van der Waals surface area contributed by atoms with E-state index in [1.807, 2.05) is 0 Å². The van der Waals surface area contributed by atoms with Gasteiger partial charge in [-0.2, -0.15) is 0 Å². The second-order valence-electron chi connectivity index (χ2n) is 7.62. The van der Waals surface area contributed by atoms with Gasteiger partial charge in [-0.05, 0) is 60.8 Å². The lowest BCUT2D eigenvalue weighted by molar-refractivity contribution is 0.506. The minimum Gasteiger partial charge on any atom is -0.331 e. The molecule has 0 amide bonds. The Hall–Kier alpha value is -2.40. The van der Waals surface area contributed by atoms with Crippen molar-refractivity contribution < 1.29 is 21.6 Å². The van der Waals surface area contributed by atoms with E-state index in [2.05, 4.69) is 20.0 Å². The molecule has 1 fully saturated rings. The molecule has 32 heavy (non-hydrogen) atoms. The van der Waals surface area contributed by atoms with Crippen LogP contribution in [0.4, 0.5) is 13.2 Å². The first-order valence-corrected chi connectivity index (χ1v) is 11.8. The fourth-order valence-electron chi connectivity index (χ4n) is 3.69. The smallest absolute Gasteiger partial charge is 0.257 e. The fourth-order valence-corrected chi connectivity index (χ4v) is 4.92. The Bertz CT molecular complexity index is 1180. The van der Waals surface area contributed by atoms with Crippen LogP contribution in [-0.2, 0) is 10.0 Å². The Morgan fingerprint density at radius 3 is 2.47 bits per heavy atom. The molecule has 0 radical (unpaired) electrons. The van der Waals surface area contributed by atoms with Crippen molar-refractivity contribution in [2.24, 2.45) is 5.92 Å². The highest BCUT2D eigenvalue weighted by Crippen LogP contribution is 2.33. The second-order valence-corrected chi connectivity index (χ2v) is 9.77. The molecule has 170 valence electrons. The average Bonchev–Trinajstić information content (AvgIpc) is 3.45. The lowest BCUT2D eigenvalue weighted by Gasteiger charge is -2.17. The van der Waals surface area contributed by atoms with Gasteiger partial charge in [-0.1, -0.05) is 23.7 Å². The van der Waals surface area contributed by atoms with Crippen LogP contribution in [0.2, 0.25) is 5.02 Å². The van der Waals surface area contributed by atoms with E-state index in [-0.39, 0.29) is 33.9 Å². The number of halogens is 4. The van der Waals surface area contributed by atoms with E-state index >= 15 is 0 Å². The van der Waals surface area contributed by atoms with Gasteiger partial charge in [0.2, 0.25) is 0 Å². The number of hydrogen-bond donors (Lipinski definition) is 3. The third-order valence-corrected chi connectivity index (χ3v) is 7.04. The van der Waals surface area contributed by atoms with Crippen LogP contribution in [0, 0.1) is 23.4 Å². The van der Waals surface area contributed by atoms with Crippen LogP contribution in [0.1, 0.15) is 29.3 Å². The molecular weight excluding hydrogens is 465 g/mol. The summed E-state index contributed by atoms with van der Waals surface area (Å²) in [6.45, 7) is 1.86. The number of hydrogen-bond acceptors (Lipinski definition) is 4. The van der Waals surface area contributed by atoms with Gasteiger partial charge in [0, 0.05) is 6.54 Å². The Kier molecular flexibility index (Phi) is 6.57. The number of benzene rings is 2. The summed E-state index contributed by atoms with van der Waals surface area (Å²) in [5.41, 5.74) is 0.709. The van der Waals surface area contributed by atoms with E-state index in [9.17, 15) is 21.6 Å². The van der Waals surface area contributed by atoms with Crippen LogP contribution in [0.25, 0.3) is 0 Å². The fraction of sp³-hybridized carbons (Fsp3) is 0.286. The van der Waals surface area contributed by atoms with Crippen molar-refractivity contribution in [3.8, 4) is 0 Å². The molecule has 1 aliphatic rings. The molecule has 3 N–H and O–H groups in total. The standard InChI is InChI=1S/C21H20ClF3N4O2S/c22-15-7-13(1-3-16(15)23)20(14-2-4-17(24)18(25)8-14)21-27-11-19(29-21)32(30,31)28-10-12-5-6-26-9-12/h1-4,7-8,11-12,20,26,28H,5-6,9-10H2,(H,27,29). The predicted molar refractivity (Wildman–Crippen MR) is 113 cm³/mol. The molecule has 4 rings (SSSR count). The van der Waals surface area contributed by atoms with Crippen molar-refractivity contribution in [3.05, 3.63) is 82.0 Å². The summed E-state index contributed by atoms with van der Waals surface area (Å²) in [4.78, 5) is 6.94. The van der Waals surface area contributed by atoms with Gasteiger partial charge in [0.1, 0.15) is 11.6 Å². The minimum absolute atomic E-state index is 0.154. The van der Waals surface area contributed by atoms with Gasteiger partial charge in [0.05, 0.1) is 17.1 Å². The molecular formula is C21H20ClF3N4O2S. The van der Waals surface area contributed by atoms with E-state index in [1.165, 1.54) is 18.2 Å². The topological polar surface area (TPSA) is 86.9 Å². The van der Waals surface area contributed by atoms with E-state index in [0.717, 1.165) is 43.9 Å². The molecule has 1 saturated heterocycles. The highest BCUT2D eigenvalue weighted by molar-refractivity contribution is 7.89. The molecule has 1 aromatic heterocycles. The first-order valence-electron chi connectivity index (χ1n) is 9.90. The van der Waals surface area contributed by atoms with Crippen molar-refractivity contribution in [2.75, 3.05) is 19.6 Å². The number of rotatable bonds is 7. The van der Waals surface area contributed by atoms with Crippen LogP contribution < -0.4 is 10.0 Å². The summed E-state index contributed by atoms with van der Waals surface area (Å²) >= 11 is 5.92. The van der Waals surface area contributed by atoms with Gasteiger partial charge in [0.25, 0.3) is 10.0 Å². The average molecular weight is 485 g/mol. The van der Waals surface area contributed by atoms with Gasteiger partial charge in [-0.15, -0.1) is 0 Å². The van der Waals surface area contributed by atoms with Gasteiger partial charge >= 0.3 is 0 Å². The third kappa shape index (κ3) is 4.83. The zero-order valence-electron chi connectivity index (χ0n) is 16.7. The Labute approximate surface area is 188 Å². The van der Waals surface area contributed by atoms with Crippen LogP contribution in [0.15, 0.2) is 47.6 Å². The summed E-state index contributed by atoms with van der Waals surface area (Å²) < 4.78 is 69.1. The van der Waals surface area contributed by atoms with Crippen molar-refractivity contribution in [1.29, 1.82) is 0 Å². The number of nitrogens with zero attached hydrogens (tertiary/aromatic N) is 1. The molecule has 2 atom stereocenters. The molecule has 1 aliphatic heterocycles.